The molecule has 0 aliphatic rings. The first-order valence-corrected chi connectivity index (χ1v) is 7.46. The Morgan fingerprint density at radius 2 is 2.14 bits per heavy atom. The lowest BCUT2D eigenvalue weighted by Gasteiger charge is -2.17. The standard InChI is InChI=1S/C17H26N2O2/c1-5-14(3)21-17-10-7-9-16(13-17)15(4)19-18-11-8-12-20-6-2/h1,7,9-10,13-15,18-19H,6,8,11-12H2,2-4H3. The molecule has 21 heavy (non-hydrogen) atoms. The van der Waals surface area contributed by atoms with Gasteiger partial charge in [0, 0.05) is 25.8 Å². The average molecular weight is 290 g/mol. The Labute approximate surface area is 128 Å². The fraction of sp³-hybridized carbons (Fsp3) is 0.529. The van der Waals surface area contributed by atoms with Crippen LogP contribution in [-0.2, 0) is 4.74 Å². The second-order valence-electron chi connectivity index (χ2n) is 4.84. The molecule has 0 spiro atoms. The second-order valence-corrected chi connectivity index (χ2v) is 4.84. The normalized spacial score (nSPS) is 13.4. The van der Waals surface area contributed by atoms with E-state index in [1.807, 2.05) is 32.0 Å². The zero-order valence-electron chi connectivity index (χ0n) is 13.2. The highest BCUT2D eigenvalue weighted by atomic mass is 16.5. The monoisotopic (exact) mass is 290 g/mol. The molecule has 0 amide bonds. The van der Waals surface area contributed by atoms with Crippen molar-refractivity contribution in [2.45, 2.75) is 39.3 Å². The average Bonchev–Trinajstić information content (AvgIpc) is 2.50. The quantitative estimate of drug-likeness (QED) is 0.395. The van der Waals surface area contributed by atoms with Crippen molar-refractivity contribution in [2.75, 3.05) is 19.8 Å². The number of rotatable bonds is 10. The van der Waals surface area contributed by atoms with Gasteiger partial charge in [0.05, 0.1) is 0 Å². The molecule has 1 rings (SSSR count). The molecule has 2 N–H and O–H groups in total. The number of terminal acetylenes is 1. The summed E-state index contributed by atoms with van der Waals surface area (Å²) in [5.74, 6) is 3.35. The van der Waals surface area contributed by atoms with Gasteiger partial charge in [-0.15, -0.1) is 6.42 Å². The number of ether oxygens (including phenoxy) is 2. The van der Waals surface area contributed by atoms with Crippen LogP contribution in [0.15, 0.2) is 24.3 Å². The largest absolute Gasteiger partial charge is 0.478 e. The molecule has 1 aromatic carbocycles. The lowest BCUT2D eigenvalue weighted by atomic mass is 10.1. The summed E-state index contributed by atoms with van der Waals surface area (Å²) in [6.07, 6.45) is 6.09. The van der Waals surface area contributed by atoms with Gasteiger partial charge in [0.2, 0.25) is 0 Å². The van der Waals surface area contributed by atoms with Crippen molar-refractivity contribution in [1.82, 2.24) is 10.9 Å². The lowest BCUT2D eigenvalue weighted by molar-refractivity contribution is 0.143. The fourth-order valence-corrected chi connectivity index (χ4v) is 1.81. The molecule has 1 aromatic rings. The van der Waals surface area contributed by atoms with Crippen LogP contribution in [0.25, 0.3) is 0 Å². The summed E-state index contributed by atoms with van der Waals surface area (Å²) >= 11 is 0. The summed E-state index contributed by atoms with van der Waals surface area (Å²) in [5.41, 5.74) is 7.63. The third kappa shape index (κ3) is 7.14. The molecule has 0 aliphatic carbocycles. The van der Waals surface area contributed by atoms with Crippen molar-refractivity contribution < 1.29 is 9.47 Å². The predicted octanol–water partition coefficient (Wildman–Crippen LogP) is 2.67. The molecule has 0 fully saturated rings. The van der Waals surface area contributed by atoms with Gasteiger partial charge in [-0.25, -0.2) is 0 Å². The van der Waals surface area contributed by atoms with Crippen molar-refractivity contribution in [3.05, 3.63) is 29.8 Å². The topological polar surface area (TPSA) is 42.5 Å². The van der Waals surface area contributed by atoms with Gasteiger partial charge in [-0.2, -0.15) is 0 Å². The number of hydrogen-bond acceptors (Lipinski definition) is 4. The van der Waals surface area contributed by atoms with Crippen LogP contribution in [0.3, 0.4) is 0 Å². The van der Waals surface area contributed by atoms with Crippen LogP contribution in [0, 0.1) is 12.3 Å². The van der Waals surface area contributed by atoms with E-state index in [1.54, 1.807) is 0 Å². The van der Waals surface area contributed by atoms with Gasteiger partial charge in [-0.1, -0.05) is 18.1 Å². The Hall–Kier alpha value is -1.54. The fourth-order valence-electron chi connectivity index (χ4n) is 1.81. The van der Waals surface area contributed by atoms with E-state index in [-0.39, 0.29) is 12.1 Å². The lowest BCUT2D eigenvalue weighted by Crippen LogP contribution is -2.35. The molecule has 0 aromatic heterocycles. The van der Waals surface area contributed by atoms with Crippen molar-refractivity contribution in [1.29, 1.82) is 0 Å². The third-order valence-corrected chi connectivity index (χ3v) is 3.02. The Kier molecular flexibility index (Phi) is 8.53. The van der Waals surface area contributed by atoms with E-state index in [4.69, 9.17) is 15.9 Å². The molecule has 0 radical (unpaired) electrons. The molecule has 4 heteroatoms. The molecular weight excluding hydrogens is 264 g/mol. The number of benzene rings is 1. The van der Waals surface area contributed by atoms with Crippen molar-refractivity contribution in [3.8, 4) is 18.1 Å². The van der Waals surface area contributed by atoms with Gasteiger partial charge in [-0.3, -0.25) is 10.9 Å². The van der Waals surface area contributed by atoms with E-state index in [0.29, 0.717) is 0 Å². The molecule has 0 bridgehead atoms. The smallest absolute Gasteiger partial charge is 0.156 e. The maximum absolute atomic E-state index is 5.62. The van der Waals surface area contributed by atoms with Crippen LogP contribution in [0.4, 0.5) is 0 Å². The zero-order chi connectivity index (χ0) is 15.5. The van der Waals surface area contributed by atoms with Crippen molar-refractivity contribution in [2.24, 2.45) is 0 Å². The molecule has 0 aliphatic heterocycles. The first-order valence-electron chi connectivity index (χ1n) is 7.46. The molecule has 4 nitrogen and oxygen atoms in total. The minimum atomic E-state index is -0.222. The maximum Gasteiger partial charge on any atom is 0.156 e. The van der Waals surface area contributed by atoms with Crippen LogP contribution in [0.5, 0.6) is 5.75 Å². The van der Waals surface area contributed by atoms with Crippen molar-refractivity contribution >= 4 is 0 Å². The van der Waals surface area contributed by atoms with E-state index in [1.165, 1.54) is 0 Å². The number of hydrazine groups is 1. The number of nitrogens with one attached hydrogen (secondary N) is 2. The van der Waals surface area contributed by atoms with Crippen molar-refractivity contribution in [3.63, 3.8) is 0 Å². The van der Waals surface area contributed by atoms with Crippen LogP contribution >= 0.6 is 0 Å². The summed E-state index contributed by atoms with van der Waals surface area (Å²) in [6, 6.07) is 8.14. The summed E-state index contributed by atoms with van der Waals surface area (Å²) in [4.78, 5) is 0. The highest BCUT2D eigenvalue weighted by molar-refractivity contribution is 5.30. The van der Waals surface area contributed by atoms with E-state index in [9.17, 15) is 0 Å². The van der Waals surface area contributed by atoms with E-state index >= 15 is 0 Å². The van der Waals surface area contributed by atoms with Gasteiger partial charge in [0.25, 0.3) is 0 Å². The van der Waals surface area contributed by atoms with Gasteiger partial charge in [0.15, 0.2) is 6.10 Å². The Bertz CT molecular complexity index is 443. The minimum absolute atomic E-state index is 0.182. The van der Waals surface area contributed by atoms with Gasteiger partial charge in [-0.05, 0) is 44.9 Å². The summed E-state index contributed by atoms with van der Waals surface area (Å²) in [7, 11) is 0. The van der Waals surface area contributed by atoms with Gasteiger partial charge in [0.1, 0.15) is 5.75 Å². The Morgan fingerprint density at radius 1 is 1.33 bits per heavy atom. The highest BCUT2D eigenvalue weighted by Crippen LogP contribution is 2.19. The van der Waals surface area contributed by atoms with Crippen LogP contribution in [0.2, 0.25) is 0 Å². The molecule has 0 saturated carbocycles. The molecule has 116 valence electrons. The van der Waals surface area contributed by atoms with E-state index < -0.39 is 0 Å². The Balaban J connectivity index is 2.38. The number of hydrogen-bond donors (Lipinski definition) is 2. The predicted molar refractivity (Wildman–Crippen MR) is 86.0 cm³/mol. The molecular formula is C17H26N2O2. The SMILES string of the molecule is C#CC(C)Oc1cccc(C(C)NNCCCOCC)c1. The minimum Gasteiger partial charge on any atom is -0.478 e. The zero-order valence-corrected chi connectivity index (χ0v) is 13.2. The second kappa shape index (κ2) is 10.2. The molecule has 2 atom stereocenters. The summed E-state index contributed by atoms with van der Waals surface area (Å²) < 4.78 is 10.9. The molecule has 0 heterocycles. The van der Waals surface area contributed by atoms with Crippen LogP contribution in [0.1, 0.15) is 38.8 Å². The molecule has 2 unspecified atom stereocenters. The summed E-state index contributed by atoms with van der Waals surface area (Å²) in [5, 5.41) is 0. The first kappa shape index (κ1) is 17.5. The summed E-state index contributed by atoms with van der Waals surface area (Å²) in [6.45, 7) is 8.38. The van der Waals surface area contributed by atoms with Gasteiger partial charge < -0.3 is 9.47 Å². The van der Waals surface area contributed by atoms with Gasteiger partial charge >= 0.3 is 0 Å². The van der Waals surface area contributed by atoms with E-state index in [2.05, 4.69) is 29.8 Å². The third-order valence-electron chi connectivity index (χ3n) is 3.02. The highest BCUT2D eigenvalue weighted by Gasteiger charge is 2.06. The van der Waals surface area contributed by atoms with Crippen LogP contribution in [-0.4, -0.2) is 25.9 Å². The van der Waals surface area contributed by atoms with Crippen LogP contribution < -0.4 is 15.6 Å². The molecule has 0 saturated heterocycles. The van der Waals surface area contributed by atoms with E-state index in [0.717, 1.165) is 37.5 Å². The Morgan fingerprint density at radius 3 is 2.86 bits per heavy atom. The maximum atomic E-state index is 5.62. The first-order chi connectivity index (χ1) is 10.2.